The van der Waals surface area contributed by atoms with Gasteiger partial charge in [0.15, 0.2) is 0 Å². The molecule has 0 spiro atoms. The van der Waals surface area contributed by atoms with Gasteiger partial charge in [-0.1, -0.05) is 11.6 Å². The van der Waals surface area contributed by atoms with E-state index in [2.05, 4.69) is 0 Å². The van der Waals surface area contributed by atoms with Crippen LogP contribution in [-0.2, 0) is 6.42 Å². The molecule has 1 unspecified atom stereocenters. The largest absolute Gasteiger partial charge is 0.496 e. The van der Waals surface area contributed by atoms with Gasteiger partial charge in [0.2, 0.25) is 0 Å². The third kappa shape index (κ3) is 2.84. The number of furan rings is 1. The summed E-state index contributed by atoms with van der Waals surface area (Å²) in [5.74, 6) is 2.33. The number of hydrogen-bond donors (Lipinski definition) is 1. The maximum Gasteiger partial charge on any atom is 0.122 e. The number of hydrogen-bond acceptors (Lipinski definition) is 3. The second kappa shape index (κ2) is 5.90. The van der Waals surface area contributed by atoms with Gasteiger partial charge in [0.05, 0.1) is 13.2 Å². The SMILES string of the molecule is COc1ccc(Cl)cc1CC(O)c1c(C)oc(C)c1C. The summed E-state index contributed by atoms with van der Waals surface area (Å²) in [4.78, 5) is 0. The Morgan fingerprint density at radius 3 is 2.50 bits per heavy atom. The van der Waals surface area contributed by atoms with Gasteiger partial charge in [0.25, 0.3) is 0 Å². The van der Waals surface area contributed by atoms with Crippen LogP contribution in [-0.4, -0.2) is 12.2 Å². The fraction of sp³-hybridized carbons (Fsp3) is 0.375. The van der Waals surface area contributed by atoms with Gasteiger partial charge in [-0.2, -0.15) is 0 Å². The Bertz CT molecular complexity index is 616. The van der Waals surface area contributed by atoms with E-state index in [1.165, 1.54) is 0 Å². The molecule has 0 bridgehead atoms. The fourth-order valence-electron chi connectivity index (χ4n) is 2.52. The number of ether oxygens (including phenoxy) is 1. The molecule has 2 aromatic rings. The summed E-state index contributed by atoms with van der Waals surface area (Å²) in [6.45, 7) is 5.73. The topological polar surface area (TPSA) is 42.6 Å². The molecular weight excluding hydrogens is 276 g/mol. The highest BCUT2D eigenvalue weighted by Crippen LogP contribution is 2.32. The first-order valence-electron chi connectivity index (χ1n) is 6.51. The first-order valence-corrected chi connectivity index (χ1v) is 6.88. The van der Waals surface area contributed by atoms with Crippen LogP contribution < -0.4 is 4.74 Å². The van der Waals surface area contributed by atoms with Crippen LogP contribution in [0.4, 0.5) is 0 Å². The first-order chi connectivity index (χ1) is 9.43. The molecule has 1 aromatic carbocycles. The Morgan fingerprint density at radius 1 is 1.25 bits per heavy atom. The van der Waals surface area contributed by atoms with Gasteiger partial charge in [-0.25, -0.2) is 0 Å². The first kappa shape index (κ1) is 14.9. The number of benzene rings is 1. The highest BCUT2D eigenvalue weighted by Gasteiger charge is 2.20. The summed E-state index contributed by atoms with van der Waals surface area (Å²) in [6, 6.07) is 5.40. The second-order valence-corrected chi connectivity index (χ2v) is 5.37. The molecule has 1 aromatic heterocycles. The predicted octanol–water partition coefficient (Wildman–Crippen LogP) is 4.14. The Labute approximate surface area is 124 Å². The average Bonchev–Trinajstić information content (AvgIpc) is 2.63. The van der Waals surface area contributed by atoms with Crippen molar-refractivity contribution in [1.82, 2.24) is 0 Å². The van der Waals surface area contributed by atoms with Gasteiger partial charge in [-0.05, 0) is 50.1 Å². The predicted molar refractivity (Wildman–Crippen MR) is 79.6 cm³/mol. The molecule has 4 heteroatoms. The van der Waals surface area contributed by atoms with E-state index in [1.807, 2.05) is 32.9 Å². The monoisotopic (exact) mass is 294 g/mol. The van der Waals surface area contributed by atoms with Crippen molar-refractivity contribution >= 4 is 11.6 Å². The minimum atomic E-state index is -0.639. The summed E-state index contributed by atoms with van der Waals surface area (Å²) in [6.07, 6.45) is -0.204. The van der Waals surface area contributed by atoms with E-state index in [0.717, 1.165) is 34.0 Å². The van der Waals surface area contributed by atoms with Gasteiger partial charge in [-0.15, -0.1) is 0 Å². The van der Waals surface area contributed by atoms with Gasteiger partial charge in [-0.3, -0.25) is 0 Å². The van der Waals surface area contributed by atoms with Crippen molar-refractivity contribution in [2.75, 3.05) is 7.11 Å². The van der Waals surface area contributed by atoms with Crippen molar-refractivity contribution in [3.05, 3.63) is 51.4 Å². The lowest BCUT2D eigenvalue weighted by atomic mass is 9.98. The molecule has 3 nitrogen and oxygen atoms in total. The van der Waals surface area contributed by atoms with E-state index in [1.54, 1.807) is 13.2 Å². The summed E-state index contributed by atoms with van der Waals surface area (Å²) in [7, 11) is 1.61. The molecule has 108 valence electrons. The number of halogens is 1. The summed E-state index contributed by atoms with van der Waals surface area (Å²) in [5, 5.41) is 11.1. The van der Waals surface area contributed by atoms with Crippen molar-refractivity contribution < 1.29 is 14.3 Å². The molecule has 0 saturated carbocycles. The second-order valence-electron chi connectivity index (χ2n) is 4.93. The van der Waals surface area contributed by atoms with E-state index in [0.29, 0.717) is 11.4 Å². The van der Waals surface area contributed by atoms with Gasteiger partial charge in [0.1, 0.15) is 17.3 Å². The maximum absolute atomic E-state index is 10.5. The summed E-state index contributed by atoms with van der Waals surface area (Å²) in [5.41, 5.74) is 2.73. The average molecular weight is 295 g/mol. The maximum atomic E-state index is 10.5. The zero-order chi connectivity index (χ0) is 14.9. The molecule has 0 amide bonds. The van der Waals surface area contributed by atoms with Crippen LogP contribution in [0, 0.1) is 20.8 Å². The molecular formula is C16H19ClO3. The van der Waals surface area contributed by atoms with Crippen molar-refractivity contribution in [2.24, 2.45) is 0 Å². The van der Waals surface area contributed by atoms with Crippen LogP contribution in [0.5, 0.6) is 5.75 Å². The van der Waals surface area contributed by atoms with Crippen molar-refractivity contribution in [3.63, 3.8) is 0 Å². The number of methoxy groups -OCH3 is 1. The zero-order valence-corrected chi connectivity index (χ0v) is 12.9. The van der Waals surface area contributed by atoms with E-state index in [4.69, 9.17) is 20.8 Å². The Balaban J connectivity index is 2.32. The Morgan fingerprint density at radius 2 is 1.95 bits per heavy atom. The quantitative estimate of drug-likeness (QED) is 0.921. The third-order valence-corrected chi connectivity index (χ3v) is 3.84. The Hall–Kier alpha value is -1.45. The minimum Gasteiger partial charge on any atom is -0.496 e. The van der Waals surface area contributed by atoms with Crippen molar-refractivity contribution in [1.29, 1.82) is 0 Å². The molecule has 1 heterocycles. The standard InChI is InChI=1S/C16H19ClO3/c1-9-10(2)20-11(3)16(9)14(18)8-12-7-13(17)5-6-15(12)19-4/h5-7,14,18H,8H2,1-4H3. The Kier molecular flexibility index (Phi) is 4.41. The lowest BCUT2D eigenvalue weighted by Crippen LogP contribution is -2.05. The van der Waals surface area contributed by atoms with Crippen LogP contribution in [0.2, 0.25) is 5.02 Å². The van der Waals surface area contributed by atoms with Crippen LogP contribution in [0.1, 0.15) is 34.3 Å². The van der Waals surface area contributed by atoms with Crippen LogP contribution >= 0.6 is 11.6 Å². The van der Waals surface area contributed by atoms with Crippen molar-refractivity contribution in [3.8, 4) is 5.75 Å². The van der Waals surface area contributed by atoms with Gasteiger partial charge < -0.3 is 14.3 Å². The van der Waals surface area contributed by atoms with Gasteiger partial charge in [0, 0.05) is 17.0 Å². The number of aliphatic hydroxyl groups excluding tert-OH is 1. The van der Waals surface area contributed by atoms with Crippen LogP contribution in [0.15, 0.2) is 22.6 Å². The number of rotatable bonds is 4. The lowest BCUT2D eigenvalue weighted by molar-refractivity contribution is 0.174. The molecule has 1 N–H and O–H groups in total. The lowest BCUT2D eigenvalue weighted by Gasteiger charge is -2.14. The molecule has 2 rings (SSSR count). The third-order valence-electron chi connectivity index (χ3n) is 3.61. The van der Waals surface area contributed by atoms with E-state index in [-0.39, 0.29) is 0 Å². The van der Waals surface area contributed by atoms with E-state index >= 15 is 0 Å². The molecule has 0 aliphatic heterocycles. The highest BCUT2D eigenvalue weighted by atomic mass is 35.5. The minimum absolute atomic E-state index is 0.435. The molecule has 0 aliphatic rings. The van der Waals surface area contributed by atoms with Crippen molar-refractivity contribution in [2.45, 2.75) is 33.3 Å². The molecule has 0 aliphatic carbocycles. The molecule has 1 atom stereocenters. The van der Waals surface area contributed by atoms with E-state index < -0.39 is 6.10 Å². The smallest absolute Gasteiger partial charge is 0.122 e. The number of aliphatic hydroxyl groups is 1. The molecule has 20 heavy (non-hydrogen) atoms. The highest BCUT2D eigenvalue weighted by molar-refractivity contribution is 6.30. The summed E-state index contributed by atoms with van der Waals surface area (Å²) < 4.78 is 10.9. The van der Waals surface area contributed by atoms with E-state index in [9.17, 15) is 5.11 Å². The fourth-order valence-corrected chi connectivity index (χ4v) is 2.71. The molecule has 0 saturated heterocycles. The van der Waals surface area contributed by atoms with Crippen LogP contribution in [0.25, 0.3) is 0 Å². The summed E-state index contributed by atoms with van der Waals surface area (Å²) >= 11 is 6.01. The van der Waals surface area contributed by atoms with Crippen LogP contribution in [0.3, 0.4) is 0 Å². The number of aryl methyl sites for hydroxylation is 2. The normalized spacial score (nSPS) is 12.5. The zero-order valence-electron chi connectivity index (χ0n) is 12.2. The van der Waals surface area contributed by atoms with Gasteiger partial charge >= 0.3 is 0 Å². The molecule has 0 fully saturated rings. The molecule has 0 radical (unpaired) electrons.